The molecule has 0 saturated carbocycles. The molecule has 2 aromatic carbocycles. The van der Waals surface area contributed by atoms with Gasteiger partial charge in [0, 0.05) is 12.7 Å². The van der Waals surface area contributed by atoms with Crippen LogP contribution in [0.15, 0.2) is 59.7 Å². The maximum absolute atomic E-state index is 14.9. The van der Waals surface area contributed by atoms with Crippen LogP contribution in [0, 0.1) is 19.7 Å². The predicted molar refractivity (Wildman–Crippen MR) is 127 cm³/mol. The number of aliphatic hydroxyl groups is 1. The molecule has 1 atom stereocenters. The maximum atomic E-state index is 14.9. The second-order valence-corrected chi connectivity index (χ2v) is 8.71. The Balaban J connectivity index is 1.49. The van der Waals surface area contributed by atoms with Gasteiger partial charge in [-0.15, -0.1) is 0 Å². The number of methoxy groups -OCH3 is 1. The number of amidine groups is 1. The quantitative estimate of drug-likeness (QED) is 0.612. The Morgan fingerprint density at radius 1 is 1.24 bits per heavy atom. The highest BCUT2D eigenvalue weighted by molar-refractivity contribution is 6.03. The number of hydrogen-bond donors (Lipinski definition) is 1. The molecule has 3 aromatic rings. The Kier molecular flexibility index (Phi) is 5.61. The van der Waals surface area contributed by atoms with Crippen molar-refractivity contribution < 1.29 is 19.1 Å². The minimum Gasteiger partial charge on any atom is -0.495 e. The minimum atomic E-state index is -1.37. The van der Waals surface area contributed by atoms with E-state index in [1.807, 2.05) is 59.9 Å². The van der Waals surface area contributed by atoms with Crippen molar-refractivity contribution >= 4 is 11.9 Å². The van der Waals surface area contributed by atoms with Gasteiger partial charge in [-0.25, -0.2) is 9.37 Å². The van der Waals surface area contributed by atoms with E-state index in [4.69, 9.17) is 9.57 Å². The number of imidazole rings is 1. The van der Waals surface area contributed by atoms with Gasteiger partial charge in [-0.3, -0.25) is 0 Å². The van der Waals surface area contributed by atoms with Gasteiger partial charge in [-0.1, -0.05) is 17.3 Å². The summed E-state index contributed by atoms with van der Waals surface area (Å²) in [5.74, 6) is 0.917. The topological polar surface area (TPSA) is 72.1 Å². The zero-order valence-electron chi connectivity index (χ0n) is 19.5. The van der Waals surface area contributed by atoms with Crippen molar-refractivity contribution in [2.75, 3.05) is 20.3 Å². The lowest BCUT2D eigenvalue weighted by Gasteiger charge is -2.39. The molecule has 1 unspecified atom stereocenters. The molecule has 1 saturated heterocycles. The SMILES string of the molecule is COc1cc(/C=C2\CCCN3C2=NOC3(CO)c2ccc(C)cc2F)ccc1-n1cnc(C)c1. The first-order valence-electron chi connectivity index (χ1n) is 11.3. The first-order valence-corrected chi connectivity index (χ1v) is 11.3. The fourth-order valence-electron chi connectivity index (χ4n) is 4.67. The lowest BCUT2D eigenvalue weighted by molar-refractivity contribution is -0.139. The summed E-state index contributed by atoms with van der Waals surface area (Å²) in [4.78, 5) is 11.9. The number of fused-ring (bicyclic) bond motifs is 1. The van der Waals surface area contributed by atoms with E-state index in [0.29, 0.717) is 12.4 Å². The van der Waals surface area contributed by atoms with E-state index < -0.39 is 18.1 Å². The number of aryl methyl sites for hydroxylation is 2. The minimum absolute atomic E-state index is 0.280. The summed E-state index contributed by atoms with van der Waals surface area (Å²) < 4.78 is 22.5. The average molecular weight is 463 g/mol. The molecule has 2 aliphatic rings. The zero-order valence-corrected chi connectivity index (χ0v) is 19.5. The Bertz CT molecular complexity index is 1300. The number of ether oxygens (including phenoxy) is 1. The molecule has 2 aliphatic heterocycles. The fraction of sp³-hybridized carbons (Fsp3) is 0.308. The molecule has 0 aliphatic carbocycles. The van der Waals surface area contributed by atoms with E-state index in [-0.39, 0.29) is 5.56 Å². The Morgan fingerprint density at radius 3 is 2.79 bits per heavy atom. The molecule has 3 heterocycles. The number of oxime groups is 1. The van der Waals surface area contributed by atoms with E-state index in [0.717, 1.165) is 46.7 Å². The summed E-state index contributed by atoms with van der Waals surface area (Å²) in [7, 11) is 1.64. The van der Waals surface area contributed by atoms with Crippen LogP contribution in [-0.2, 0) is 10.6 Å². The highest BCUT2D eigenvalue weighted by Gasteiger charge is 2.50. The van der Waals surface area contributed by atoms with Crippen LogP contribution in [-0.4, -0.2) is 45.7 Å². The van der Waals surface area contributed by atoms with Crippen LogP contribution in [0.25, 0.3) is 11.8 Å². The van der Waals surface area contributed by atoms with Gasteiger partial charge in [0.2, 0.25) is 0 Å². The normalized spacial score (nSPS) is 20.8. The molecule has 176 valence electrons. The molecule has 1 fully saturated rings. The van der Waals surface area contributed by atoms with Crippen LogP contribution in [0.1, 0.15) is 35.2 Å². The highest BCUT2D eigenvalue weighted by Crippen LogP contribution is 2.41. The number of rotatable bonds is 5. The van der Waals surface area contributed by atoms with E-state index in [2.05, 4.69) is 10.1 Å². The largest absolute Gasteiger partial charge is 0.495 e. The summed E-state index contributed by atoms with van der Waals surface area (Å²) in [6.45, 7) is 3.95. The zero-order chi connectivity index (χ0) is 23.9. The maximum Gasteiger partial charge on any atom is 0.263 e. The van der Waals surface area contributed by atoms with Crippen LogP contribution >= 0.6 is 0 Å². The van der Waals surface area contributed by atoms with Gasteiger partial charge in [-0.2, -0.15) is 0 Å². The van der Waals surface area contributed by atoms with E-state index in [1.54, 1.807) is 19.5 Å². The monoisotopic (exact) mass is 462 g/mol. The van der Waals surface area contributed by atoms with Gasteiger partial charge in [-0.05, 0) is 73.7 Å². The number of benzene rings is 2. The van der Waals surface area contributed by atoms with E-state index in [9.17, 15) is 9.50 Å². The molecule has 0 bridgehead atoms. The first kappa shape index (κ1) is 22.2. The van der Waals surface area contributed by atoms with Crippen molar-refractivity contribution in [3.05, 3.63) is 82.7 Å². The summed E-state index contributed by atoms with van der Waals surface area (Å²) in [6.07, 6.45) is 7.36. The molecule has 5 rings (SSSR count). The highest BCUT2D eigenvalue weighted by atomic mass is 19.1. The molecule has 0 spiro atoms. The second-order valence-electron chi connectivity index (χ2n) is 8.71. The third kappa shape index (κ3) is 3.64. The molecule has 1 N–H and O–H groups in total. The number of halogens is 1. The van der Waals surface area contributed by atoms with Gasteiger partial charge in [0.25, 0.3) is 5.72 Å². The molecule has 0 amide bonds. The smallest absolute Gasteiger partial charge is 0.263 e. The Hall–Kier alpha value is -3.65. The molecule has 34 heavy (non-hydrogen) atoms. The standard InChI is InChI=1S/C26H27FN4O3/c1-17-6-8-21(22(27)11-17)26(15-32)31-10-4-5-20(25(31)29-34-26)12-19-7-9-23(24(13-19)33-3)30-14-18(2)28-16-30/h6-9,11-14,16,32H,4-5,10,15H2,1-3H3/b20-12+. The predicted octanol–water partition coefficient (Wildman–Crippen LogP) is 4.31. The van der Waals surface area contributed by atoms with Crippen molar-refractivity contribution in [1.82, 2.24) is 14.5 Å². The molecule has 1 aromatic heterocycles. The van der Waals surface area contributed by atoms with Crippen LogP contribution in [0.3, 0.4) is 0 Å². The summed E-state index contributed by atoms with van der Waals surface area (Å²) in [5, 5.41) is 14.7. The van der Waals surface area contributed by atoms with Crippen LogP contribution in [0.4, 0.5) is 4.39 Å². The third-order valence-electron chi connectivity index (χ3n) is 6.38. The second kappa shape index (κ2) is 8.61. The molecular formula is C26H27FN4O3. The van der Waals surface area contributed by atoms with E-state index >= 15 is 0 Å². The van der Waals surface area contributed by atoms with Crippen molar-refractivity contribution in [3.8, 4) is 11.4 Å². The van der Waals surface area contributed by atoms with Crippen LogP contribution in [0.5, 0.6) is 5.75 Å². The molecular weight excluding hydrogens is 435 g/mol. The summed E-state index contributed by atoms with van der Waals surface area (Å²) >= 11 is 0. The first-order chi connectivity index (χ1) is 16.4. The van der Waals surface area contributed by atoms with Gasteiger partial charge < -0.3 is 24.1 Å². The molecule has 8 heteroatoms. The van der Waals surface area contributed by atoms with Crippen molar-refractivity contribution in [3.63, 3.8) is 0 Å². The Labute approximate surface area is 197 Å². The number of nitrogens with zero attached hydrogens (tertiary/aromatic N) is 4. The number of hydrogen-bond acceptors (Lipinski definition) is 6. The van der Waals surface area contributed by atoms with Gasteiger partial charge in [0.15, 0.2) is 5.84 Å². The average Bonchev–Trinajstić information content (AvgIpc) is 3.44. The number of aliphatic hydroxyl groups excluding tert-OH is 1. The van der Waals surface area contributed by atoms with Crippen molar-refractivity contribution in [2.24, 2.45) is 5.16 Å². The lowest BCUT2D eigenvalue weighted by Crippen LogP contribution is -2.51. The summed E-state index contributed by atoms with van der Waals surface area (Å²) in [5.41, 5.74) is 3.44. The Morgan fingerprint density at radius 2 is 2.09 bits per heavy atom. The van der Waals surface area contributed by atoms with Gasteiger partial charge >= 0.3 is 0 Å². The fourth-order valence-corrected chi connectivity index (χ4v) is 4.67. The number of aromatic nitrogens is 2. The van der Waals surface area contributed by atoms with Crippen LogP contribution in [0.2, 0.25) is 0 Å². The molecule has 0 radical (unpaired) electrons. The third-order valence-corrected chi connectivity index (χ3v) is 6.38. The van der Waals surface area contributed by atoms with Gasteiger partial charge in [0.1, 0.15) is 18.2 Å². The lowest BCUT2D eigenvalue weighted by atomic mass is 9.94. The van der Waals surface area contributed by atoms with Crippen molar-refractivity contribution in [2.45, 2.75) is 32.4 Å². The van der Waals surface area contributed by atoms with Crippen LogP contribution < -0.4 is 4.74 Å². The van der Waals surface area contributed by atoms with Crippen molar-refractivity contribution in [1.29, 1.82) is 0 Å². The summed E-state index contributed by atoms with van der Waals surface area (Å²) in [6, 6.07) is 10.9. The van der Waals surface area contributed by atoms with E-state index in [1.165, 1.54) is 6.07 Å². The van der Waals surface area contributed by atoms with Gasteiger partial charge in [0.05, 0.1) is 30.4 Å². The molecule has 7 nitrogen and oxygen atoms in total. The number of piperidine rings is 1.